The van der Waals surface area contributed by atoms with Gasteiger partial charge in [-0.2, -0.15) is 4.98 Å². The van der Waals surface area contributed by atoms with E-state index in [4.69, 9.17) is 30.5 Å². The molecule has 2 aromatic heterocycles. The van der Waals surface area contributed by atoms with Crippen molar-refractivity contribution < 1.29 is 47.9 Å². The van der Waals surface area contributed by atoms with Crippen LogP contribution in [-0.4, -0.2) is 72.4 Å². The van der Waals surface area contributed by atoms with Crippen LogP contribution in [0.3, 0.4) is 0 Å². The largest absolute Gasteiger partial charge is 0.451 e. The maximum Gasteiger partial charge on any atom is 0.427 e. The second-order valence-corrected chi connectivity index (χ2v) is 15.4. The number of aryl methyl sites for hydroxylation is 1. The lowest BCUT2D eigenvalue weighted by atomic mass is 9.98. The van der Waals surface area contributed by atoms with Crippen LogP contribution in [0.4, 0.5) is 19.9 Å². The number of anilines is 1. The van der Waals surface area contributed by atoms with E-state index in [9.17, 15) is 29.0 Å². The number of nitrogens with zero attached hydrogens (tertiary/aromatic N) is 4. The molecule has 0 aliphatic carbocycles. The number of esters is 1. The number of hydrogen-bond donors (Lipinski definition) is 2. The summed E-state index contributed by atoms with van der Waals surface area (Å²) in [5, 5.41) is 23.2. The molecule has 1 saturated heterocycles. The molecular formula is C35H37ClFIN4O9. The minimum absolute atomic E-state index is 0.107. The Morgan fingerprint density at radius 3 is 2.16 bits per heavy atom. The molecule has 5 atom stereocenters. The Morgan fingerprint density at radius 2 is 1.59 bits per heavy atom. The summed E-state index contributed by atoms with van der Waals surface area (Å²) < 4.78 is 39.8. The van der Waals surface area contributed by atoms with Crippen molar-refractivity contribution in [2.75, 3.05) is 4.90 Å². The summed E-state index contributed by atoms with van der Waals surface area (Å²) in [5.41, 5.74) is -1.22. The van der Waals surface area contributed by atoms with Crippen molar-refractivity contribution in [2.24, 2.45) is 0 Å². The van der Waals surface area contributed by atoms with Crippen molar-refractivity contribution in [3.8, 4) is 0 Å². The number of fused-ring (bicyclic) bond motifs is 1. The van der Waals surface area contributed by atoms with Crippen molar-refractivity contribution in [3.63, 3.8) is 0 Å². The third kappa shape index (κ3) is 8.43. The van der Waals surface area contributed by atoms with E-state index < -0.39 is 65.8 Å². The number of hydrogen-bond acceptors (Lipinski definition) is 11. The van der Waals surface area contributed by atoms with Gasteiger partial charge in [-0.25, -0.2) is 23.8 Å². The number of carbonyl (C=O) groups excluding carboxylic acids is 3. The average molecular weight is 839 g/mol. The van der Waals surface area contributed by atoms with E-state index in [-0.39, 0.29) is 27.7 Å². The van der Waals surface area contributed by atoms with E-state index in [0.29, 0.717) is 19.6 Å². The zero-order chi connectivity index (χ0) is 37.6. The predicted molar refractivity (Wildman–Crippen MR) is 192 cm³/mol. The van der Waals surface area contributed by atoms with Crippen LogP contribution in [-0.2, 0) is 18.9 Å². The molecule has 0 saturated carbocycles. The monoisotopic (exact) mass is 838 g/mol. The highest BCUT2D eigenvalue weighted by atomic mass is 127. The summed E-state index contributed by atoms with van der Waals surface area (Å²) in [5.74, 6) is -1.97. The molecule has 0 spiro atoms. The Morgan fingerprint density at radius 1 is 0.980 bits per heavy atom. The van der Waals surface area contributed by atoms with Gasteiger partial charge in [-0.3, -0.25) is 0 Å². The van der Waals surface area contributed by atoms with Gasteiger partial charge in [0, 0.05) is 9.77 Å². The van der Waals surface area contributed by atoms with Crippen molar-refractivity contribution in [3.05, 3.63) is 86.0 Å². The van der Waals surface area contributed by atoms with E-state index in [0.717, 1.165) is 6.07 Å². The van der Waals surface area contributed by atoms with Gasteiger partial charge in [0.1, 0.15) is 41.0 Å². The van der Waals surface area contributed by atoms with Crippen molar-refractivity contribution in [1.82, 2.24) is 14.5 Å². The smallest absolute Gasteiger partial charge is 0.427 e. The summed E-state index contributed by atoms with van der Waals surface area (Å²) in [6, 6.07) is 11.8. The fraction of sp³-hybridized carbons (Fsp3) is 0.400. The van der Waals surface area contributed by atoms with Gasteiger partial charge < -0.3 is 33.7 Å². The summed E-state index contributed by atoms with van der Waals surface area (Å²) in [4.78, 5) is 49.6. The fourth-order valence-electron chi connectivity index (χ4n) is 5.34. The first-order valence-corrected chi connectivity index (χ1v) is 17.2. The molecule has 1 fully saturated rings. The maximum atomic E-state index is 14.7. The molecule has 0 radical (unpaired) electrons. The molecule has 13 nitrogen and oxygen atoms in total. The summed E-state index contributed by atoms with van der Waals surface area (Å²) in [6.45, 7) is 11.4. The number of aliphatic hydroxyl groups is 2. The van der Waals surface area contributed by atoms with Gasteiger partial charge in [0.05, 0.1) is 21.7 Å². The number of halogens is 3. The second-order valence-electron chi connectivity index (χ2n) is 13.8. The zero-order valence-corrected chi connectivity index (χ0v) is 31.7. The van der Waals surface area contributed by atoms with Crippen LogP contribution in [0, 0.1) is 16.3 Å². The number of aromatic nitrogens is 3. The summed E-state index contributed by atoms with van der Waals surface area (Å²) >= 11 is 7.96. The molecule has 1 unspecified atom stereocenters. The van der Waals surface area contributed by atoms with Gasteiger partial charge in [-0.1, -0.05) is 35.9 Å². The van der Waals surface area contributed by atoms with Crippen LogP contribution in [0.15, 0.2) is 54.7 Å². The lowest BCUT2D eigenvalue weighted by molar-refractivity contribution is -0.0917. The highest BCUT2D eigenvalue weighted by molar-refractivity contribution is 14.1. The van der Waals surface area contributed by atoms with Crippen LogP contribution < -0.4 is 4.90 Å². The second kappa shape index (κ2) is 14.6. The Bertz CT molecular complexity index is 1940. The van der Waals surface area contributed by atoms with Crippen LogP contribution in [0.1, 0.15) is 75.5 Å². The molecule has 0 bridgehead atoms. The molecule has 51 heavy (non-hydrogen) atoms. The lowest BCUT2D eigenvalue weighted by Gasteiger charge is -2.27. The van der Waals surface area contributed by atoms with Crippen molar-refractivity contribution in [1.29, 1.82) is 0 Å². The van der Waals surface area contributed by atoms with E-state index in [1.54, 1.807) is 72.9 Å². The zero-order valence-electron chi connectivity index (χ0n) is 28.8. The summed E-state index contributed by atoms with van der Waals surface area (Å²) in [7, 11) is 0. The standard InChI is InChI=1S/C35H37ClFIN4O9/c1-17-23-22(38)16-41(28(23)40-31(39-17)42(32(46)50-34(2,3)4)33(47)51-35(5,6)7)29-25(44)24(43)27(48-29)26(19-13-14-20(36)21(37)15-19)49-30(45)18-11-9-8-10-12-18/h8-16,24-27,29,43-44H,1-7H3/t24-,25+,26?,27-,29+/m0/s1. The van der Waals surface area contributed by atoms with Gasteiger partial charge >= 0.3 is 18.2 Å². The van der Waals surface area contributed by atoms with Gasteiger partial charge in [-0.15, -0.1) is 4.90 Å². The third-order valence-electron chi connectivity index (χ3n) is 7.51. The Labute approximate surface area is 311 Å². The van der Waals surface area contributed by atoms with Crippen molar-refractivity contribution >= 4 is 69.3 Å². The molecule has 1 aliphatic rings. The average Bonchev–Trinajstić information content (AvgIpc) is 3.51. The number of imide groups is 1. The predicted octanol–water partition coefficient (Wildman–Crippen LogP) is 7.03. The van der Waals surface area contributed by atoms with E-state index >= 15 is 0 Å². The first-order valence-electron chi connectivity index (χ1n) is 15.8. The molecule has 2 amide bonds. The lowest BCUT2D eigenvalue weighted by Crippen LogP contribution is -2.44. The number of carbonyl (C=O) groups is 3. The molecule has 1 aliphatic heterocycles. The molecule has 272 valence electrons. The fourth-order valence-corrected chi connectivity index (χ4v) is 6.39. The quantitative estimate of drug-likeness (QED) is 0.117. The SMILES string of the molecule is Cc1nc(N(C(=O)OC(C)(C)C)C(=O)OC(C)(C)C)nc2c1c(I)cn2[C@@H]1O[C@H](C(OC(=O)c2ccccc2)c2ccc(Cl)c(F)c2)[C@@H](O)[C@H]1O. The van der Waals surface area contributed by atoms with Gasteiger partial charge in [0.25, 0.3) is 0 Å². The third-order valence-corrected chi connectivity index (χ3v) is 8.63. The minimum atomic E-state index is -1.67. The maximum absolute atomic E-state index is 14.7. The topological polar surface area (TPSA) is 163 Å². The number of ether oxygens (including phenoxy) is 4. The van der Waals surface area contributed by atoms with Gasteiger partial charge in [-0.05, 0) is 101 Å². The molecule has 3 heterocycles. The van der Waals surface area contributed by atoms with Crippen LogP contribution >= 0.6 is 34.2 Å². The van der Waals surface area contributed by atoms with E-state index in [1.165, 1.54) is 28.8 Å². The first kappa shape index (κ1) is 38.3. The van der Waals surface area contributed by atoms with E-state index in [2.05, 4.69) is 9.97 Å². The molecule has 5 rings (SSSR count). The number of amides is 2. The Kier molecular flexibility index (Phi) is 11.0. The minimum Gasteiger partial charge on any atom is -0.451 e. The van der Waals surface area contributed by atoms with Crippen LogP contribution in [0.5, 0.6) is 0 Å². The van der Waals surface area contributed by atoms with Crippen LogP contribution in [0.2, 0.25) is 5.02 Å². The molecular weight excluding hydrogens is 802 g/mol. The normalized spacial score (nSPS) is 19.8. The van der Waals surface area contributed by atoms with E-state index in [1.807, 2.05) is 22.6 Å². The number of aliphatic hydroxyl groups excluding tert-OH is 2. The van der Waals surface area contributed by atoms with Crippen LogP contribution in [0.25, 0.3) is 11.0 Å². The van der Waals surface area contributed by atoms with Gasteiger partial charge in [0.15, 0.2) is 12.3 Å². The Balaban J connectivity index is 1.58. The number of rotatable bonds is 6. The Hall–Kier alpha value is -3.90. The number of benzene rings is 2. The first-order chi connectivity index (χ1) is 23.8. The molecule has 2 N–H and O–H groups in total. The van der Waals surface area contributed by atoms with Gasteiger partial charge in [0.2, 0.25) is 5.95 Å². The summed E-state index contributed by atoms with van der Waals surface area (Å²) in [6.07, 6.45) is -8.09. The molecule has 16 heteroatoms. The molecule has 2 aromatic carbocycles. The molecule has 4 aromatic rings. The highest BCUT2D eigenvalue weighted by Crippen LogP contribution is 2.41. The highest BCUT2D eigenvalue weighted by Gasteiger charge is 2.50. The van der Waals surface area contributed by atoms with Crippen molar-refractivity contribution in [2.45, 2.75) is 90.3 Å².